The van der Waals surface area contributed by atoms with Crippen molar-refractivity contribution < 1.29 is 15.0 Å². The minimum atomic E-state index is -0.861. The molecule has 0 bridgehead atoms. The van der Waals surface area contributed by atoms with E-state index in [9.17, 15) is 15.0 Å². The van der Waals surface area contributed by atoms with Crippen LogP contribution in [0, 0.1) is 0 Å². The number of allylic oxidation sites excluding steroid dienone is 5. The molecule has 0 aromatic heterocycles. The lowest BCUT2D eigenvalue weighted by atomic mass is 10.1. The lowest BCUT2D eigenvalue weighted by Gasteiger charge is -2.19. The Morgan fingerprint density at radius 2 is 1.00 bits per heavy atom. The third-order valence-corrected chi connectivity index (χ3v) is 7.35. The van der Waals surface area contributed by atoms with Gasteiger partial charge < -0.3 is 15.5 Å². The third-order valence-electron chi connectivity index (χ3n) is 7.35. The highest BCUT2D eigenvalue weighted by atomic mass is 16.3. The highest BCUT2D eigenvalue weighted by molar-refractivity contribution is 5.76. The van der Waals surface area contributed by atoms with Gasteiger partial charge in [0.05, 0.1) is 18.8 Å². The van der Waals surface area contributed by atoms with Crippen molar-refractivity contribution in [3.05, 3.63) is 36.5 Å². The molecule has 4 heteroatoms. The molecule has 0 radical (unpaired) electrons. The number of aliphatic hydroxyl groups is 2. The first-order chi connectivity index (χ1) is 19.2. The summed E-state index contributed by atoms with van der Waals surface area (Å²) in [6.45, 7) is 4.24. The zero-order valence-electron chi connectivity index (χ0n) is 25.9. The molecule has 0 aromatic rings. The number of nitrogens with one attached hydrogen (secondary N) is 1. The van der Waals surface area contributed by atoms with Gasteiger partial charge in [0, 0.05) is 6.42 Å². The largest absolute Gasteiger partial charge is 0.394 e. The number of rotatable bonds is 29. The fourth-order valence-electron chi connectivity index (χ4n) is 4.71. The molecule has 0 aliphatic rings. The van der Waals surface area contributed by atoms with Gasteiger partial charge in [-0.1, -0.05) is 134 Å². The van der Waals surface area contributed by atoms with Crippen LogP contribution in [0.1, 0.15) is 162 Å². The number of aliphatic hydroxyl groups excluding tert-OH is 2. The summed E-state index contributed by atoms with van der Waals surface area (Å²) in [4.78, 5) is 12.2. The van der Waals surface area contributed by atoms with Crippen molar-refractivity contribution in [3.8, 4) is 0 Å². The molecular formula is C35H65NO3. The fourth-order valence-corrected chi connectivity index (χ4v) is 4.71. The van der Waals surface area contributed by atoms with E-state index in [0.717, 1.165) is 44.9 Å². The van der Waals surface area contributed by atoms with Crippen LogP contribution in [-0.2, 0) is 4.79 Å². The van der Waals surface area contributed by atoms with E-state index in [1.165, 1.54) is 96.3 Å². The van der Waals surface area contributed by atoms with Crippen molar-refractivity contribution in [3.63, 3.8) is 0 Å². The second-order valence-electron chi connectivity index (χ2n) is 11.2. The summed E-state index contributed by atoms with van der Waals surface area (Å²) in [5.74, 6) is -0.0871. The van der Waals surface area contributed by atoms with E-state index in [1.807, 2.05) is 6.08 Å². The molecule has 0 spiro atoms. The molecule has 0 heterocycles. The van der Waals surface area contributed by atoms with E-state index >= 15 is 0 Å². The summed E-state index contributed by atoms with van der Waals surface area (Å²) in [6.07, 6.45) is 39.3. The molecule has 3 N–H and O–H groups in total. The predicted octanol–water partition coefficient (Wildman–Crippen LogP) is 9.51. The third kappa shape index (κ3) is 28.0. The Kier molecular flexibility index (Phi) is 30.0. The predicted molar refractivity (Wildman–Crippen MR) is 170 cm³/mol. The van der Waals surface area contributed by atoms with E-state index in [0.29, 0.717) is 6.42 Å². The van der Waals surface area contributed by atoms with Gasteiger partial charge in [-0.3, -0.25) is 4.79 Å². The molecule has 0 aliphatic heterocycles. The Hall–Kier alpha value is -1.39. The Morgan fingerprint density at radius 1 is 0.590 bits per heavy atom. The average Bonchev–Trinajstić information content (AvgIpc) is 2.94. The number of carbonyl (C=O) groups is 1. The number of hydrogen-bond acceptors (Lipinski definition) is 3. The van der Waals surface area contributed by atoms with Crippen LogP contribution in [0.15, 0.2) is 36.5 Å². The van der Waals surface area contributed by atoms with E-state index in [-0.39, 0.29) is 12.5 Å². The monoisotopic (exact) mass is 547 g/mol. The Labute approximate surface area is 242 Å². The van der Waals surface area contributed by atoms with Gasteiger partial charge >= 0.3 is 0 Å². The van der Waals surface area contributed by atoms with Crippen LogP contribution >= 0.6 is 0 Å². The van der Waals surface area contributed by atoms with Crippen LogP contribution in [-0.4, -0.2) is 34.9 Å². The molecule has 0 saturated carbocycles. The molecule has 2 unspecified atom stereocenters. The molecule has 1 amide bonds. The van der Waals surface area contributed by atoms with E-state index in [2.05, 4.69) is 43.5 Å². The minimum absolute atomic E-state index is 0.0871. The SMILES string of the molecule is CCCCC/C=C\CCCCCCCC(=O)NC(CO)C(O)/C=C/CC/C=C/CCCCCCCCCCC. The van der Waals surface area contributed by atoms with E-state index in [4.69, 9.17) is 0 Å². The number of hydrogen-bond donors (Lipinski definition) is 3. The van der Waals surface area contributed by atoms with Crippen molar-refractivity contribution in [2.75, 3.05) is 6.61 Å². The van der Waals surface area contributed by atoms with Crippen molar-refractivity contribution in [1.82, 2.24) is 5.32 Å². The maximum atomic E-state index is 12.2. The summed E-state index contributed by atoms with van der Waals surface area (Å²) in [7, 11) is 0. The number of carbonyl (C=O) groups excluding carboxylic acids is 1. The van der Waals surface area contributed by atoms with E-state index in [1.54, 1.807) is 6.08 Å². The second-order valence-corrected chi connectivity index (χ2v) is 11.2. The number of unbranched alkanes of at least 4 members (excludes halogenated alkanes) is 18. The van der Waals surface area contributed by atoms with Gasteiger partial charge in [0.15, 0.2) is 0 Å². The van der Waals surface area contributed by atoms with Crippen molar-refractivity contribution in [2.45, 2.75) is 174 Å². The van der Waals surface area contributed by atoms with Gasteiger partial charge in [-0.25, -0.2) is 0 Å². The summed E-state index contributed by atoms with van der Waals surface area (Å²) in [5, 5.41) is 22.8. The summed E-state index contributed by atoms with van der Waals surface area (Å²) < 4.78 is 0. The van der Waals surface area contributed by atoms with Crippen LogP contribution in [0.4, 0.5) is 0 Å². The molecule has 0 saturated heterocycles. The molecule has 0 aliphatic carbocycles. The molecular weight excluding hydrogens is 482 g/mol. The Bertz CT molecular complexity index is 599. The molecule has 4 nitrogen and oxygen atoms in total. The van der Waals surface area contributed by atoms with Crippen LogP contribution in [0.2, 0.25) is 0 Å². The van der Waals surface area contributed by atoms with Gasteiger partial charge in [0.25, 0.3) is 0 Å². The molecule has 39 heavy (non-hydrogen) atoms. The fraction of sp³-hybridized carbons (Fsp3) is 0.800. The normalized spacial score (nSPS) is 13.6. The molecule has 0 rings (SSSR count). The zero-order valence-corrected chi connectivity index (χ0v) is 25.9. The Balaban J connectivity index is 3.73. The van der Waals surface area contributed by atoms with Gasteiger partial charge in [-0.05, 0) is 57.8 Å². The lowest BCUT2D eigenvalue weighted by molar-refractivity contribution is -0.123. The summed E-state index contributed by atoms with van der Waals surface area (Å²) >= 11 is 0. The van der Waals surface area contributed by atoms with Gasteiger partial charge in [0.2, 0.25) is 5.91 Å². The maximum Gasteiger partial charge on any atom is 0.220 e. The van der Waals surface area contributed by atoms with Gasteiger partial charge in [-0.15, -0.1) is 0 Å². The highest BCUT2D eigenvalue weighted by Crippen LogP contribution is 2.11. The minimum Gasteiger partial charge on any atom is -0.394 e. The smallest absolute Gasteiger partial charge is 0.220 e. The zero-order chi connectivity index (χ0) is 28.7. The van der Waals surface area contributed by atoms with Gasteiger partial charge in [0.1, 0.15) is 0 Å². The molecule has 0 aromatic carbocycles. The van der Waals surface area contributed by atoms with E-state index < -0.39 is 12.1 Å². The van der Waals surface area contributed by atoms with Crippen LogP contribution in [0.3, 0.4) is 0 Å². The second kappa shape index (κ2) is 31.1. The highest BCUT2D eigenvalue weighted by Gasteiger charge is 2.17. The topological polar surface area (TPSA) is 69.6 Å². The first-order valence-corrected chi connectivity index (χ1v) is 16.7. The molecule has 0 fully saturated rings. The lowest BCUT2D eigenvalue weighted by Crippen LogP contribution is -2.45. The quantitative estimate of drug-likeness (QED) is 0.0645. The van der Waals surface area contributed by atoms with Crippen molar-refractivity contribution in [1.29, 1.82) is 0 Å². The first-order valence-electron chi connectivity index (χ1n) is 16.7. The van der Waals surface area contributed by atoms with Crippen LogP contribution in [0.25, 0.3) is 0 Å². The molecule has 2 atom stereocenters. The Morgan fingerprint density at radius 3 is 1.54 bits per heavy atom. The molecule has 228 valence electrons. The number of amides is 1. The summed E-state index contributed by atoms with van der Waals surface area (Å²) in [6, 6.07) is -0.639. The van der Waals surface area contributed by atoms with Crippen molar-refractivity contribution in [2.24, 2.45) is 0 Å². The summed E-state index contributed by atoms with van der Waals surface area (Å²) in [5.41, 5.74) is 0. The van der Waals surface area contributed by atoms with Crippen LogP contribution < -0.4 is 5.32 Å². The standard InChI is InChI=1S/C35H65NO3/c1-3-5-7-9-11-13-15-17-18-19-20-22-24-26-28-30-34(38)33(32-37)36-35(39)31-29-27-25-23-21-16-14-12-10-8-6-4-2/h12,14,20,22,28,30,33-34,37-38H,3-11,13,15-19,21,23-27,29,31-32H2,1-2H3,(H,36,39)/b14-12-,22-20+,30-28+. The van der Waals surface area contributed by atoms with Gasteiger partial charge in [-0.2, -0.15) is 0 Å². The average molecular weight is 548 g/mol. The first kappa shape index (κ1) is 37.6. The van der Waals surface area contributed by atoms with Crippen LogP contribution in [0.5, 0.6) is 0 Å². The maximum absolute atomic E-state index is 12.2. The van der Waals surface area contributed by atoms with Crippen molar-refractivity contribution >= 4 is 5.91 Å².